The van der Waals surface area contributed by atoms with Crippen molar-refractivity contribution in [3.8, 4) is 22.5 Å². The minimum atomic E-state index is -0.250. The first-order valence-electron chi connectivity index (χ1n) is 9.80. The van der Waals surface area contributed by atoms with E-state index in [4.69, 9.17) is 9.97 Å². The van der Waals surface area contributed by atoms with Crippen molar-refractivity contribution in [1.82, 2.24) is 9.97 Å². The fourth-order valence-corrected chi connectivity index (χ4v) is 3.77. The molecule has 1 amide bonds. The van der Waals surface area contributed by atoms with E-state index >= 15 is 0 Å². The van der Waals surface area contributed by atoms with Crippen LogP contribution in [0.1, 0.15) is 21.6 Å². The molecule has 0 fully saturated rings. The maximum Gasteiger partial charge on any atom is 0.256 e. The van der Waals surface area contributed by atoms with Crippen molar-refractivity contribution in [2.45, 2.75) is 12.8 Å². The molecule has 0 radical (unpaired) electrons. The van der Waals surface area contributed by atoms with E-state index in [-0.39, 0.29) is 11.7 Å². The van der Waals surface area contributed by atoms with E-state index in [1.807, 2.05) is 48.5 Å². The molecule has 0 unspecified atom stereocenters. The molecule has 0 spiro atoms. The number of hydrogen-bond acceptors (Lipinski definition) is 3. The highest BCUT2D eigenvalue weighted by Crippen LogP contribution is 2.36. The van der Waals surface area contributed by atoms with Gasteiger partial charge in [0, 0.05) is 16.7 Å². The van der Waals surface area contributed by atoms with Gasteiger partial charge >= 0.3 is 0 Å². The Labute approximate surface area is 173 Å². The number of rotatable bonds is 3. The number of fused-ring (bicyclic) bond motifs is 3. The first-order valence-corrected chi connectivity index (χ1v) is 9.80. The lowest BCUT2D eigenvalue weighted by atomic mass is 9.91. The zero-order chi connectivity index (χ0) is 20.5. The van der Waals surface area contributed by atoms with Crippen LogP contribution < -0.4 is 5.32 Å². The third-order valence-electron chi connectivity index (χ3n) is 5.24. The second-order valence-electron chi connectivity index (χ2n) is 7.20. The highest BCUT2D eigenvalue weighted by atomic mass is 19.1. The number of benzene rings is 3. The van der Waals surface area contributed by atoms with Crippen LogP contribution in [-0.2, 0) is 12.8 Å². The normalized spacial score (nSPS) is 12.0. The van der Waals surface area contributed by atoms with Crippen molar-refractivity contribution in [1.29, 1.82) is 0 Å². The molecule has 30 heavy (non-hydrogen) atoms. The predicted molar refractivity (Wildman–Crippen MR) is 115 cm³/mol. The van der Waals surface area contributed by atoms with Gasteiger partial charge in [-0.05, 0) is 48.7 Å². The molecule has 1 heterocycles. The van der Waals surface area contributed by atoms with Crippen LogP contribution in [0.3, 0.4) is 0 Å². The molecule has 0 atom stereocenters. The van der Waals surface area contributed by atoms with E-state index in [0.29, 0.717) is 29.9 Å². The first kappa shape index (κ1) is 18.2. The molecule has 5 heteroatoms. The standard InChI is InChI=1S/C25H18FN3O/c26-19-12-13-20-18(15-19)11-14-21-23(20)28-22(16-7-3-1-4-8-16)24(27-21)29-25(30)17-9-5-2-6-10-17/h1-10,12-13,15H,11,14H2,(H,27,29,30). The van der Waals surface area contributed by atoms with E-state index in [1.165, 1.54) is 6.07 Å². The number of nitrogens with one attached hydrogen (secondary N) is 1. The van der Waals surface area contributed by atoms with Gasteiger partial charge in [0.1, 0.15) is 11.5 Å². The van der Waals surface area contributed by atoms with E-state index < -0.39 is 0 Å². The molecule has 0 aliphatic heterocycles. The third-order valence-corrected chi connectivity index (χ3v) is 5.24. The van der Waals surface area contributed by atoms with E-state index in [1.54, 1.807) is 24.3 Å². The van der Waals surface area contributed by atoms with E-state index in [9.17, 15) is 9.18 Å². The average molecular weight is 395 g/mol. The summed E-state index contributed by atoms with van der Waals surface area (Å²) >= 11 is 0. The fourth-order valence-electron chi connectivity index (χ4n) is 3.77. The average Bonchev–Trinajstić information content (AvgIpc) is 2.79. The highest BCUT2D eigenvalue weighted by Gasteiger charge is 2.23. The highest BCUT2D eigenvalue weighted by molar-refractivity contribution is 6.05. The monoisotopic (exact) mass is 395 g/mol. The minimum Gasteiger partial charge on any atom is -0.305 e. The Balaban J connectivity index is 1.64. The van der Waals surface area contributed by atoms with Crippen molar-refractivity contribution in [2.24, 2.45) is 0 Å². The minimum absolute atomic E-state index is 0.236. The Morgan fingerprint density at radius 2 is 1.57 bits per heavy atom. The lowest BCUT2D eigenvalue weighted by Gasteiger charge is -2.21. The van der Waals surface area contributed by atoms with Crippen molar-refractivity contribution >= 4 is 11.7 Å². The summed E-state index contributed by atoms with van der Waals surface area (Å²) in [5, 5.41) is 2.94. The Hall–Kier alpha value is -3.86. The summed E-state index contributed by atoms with van der Waals surface area (Å²) in [7, 11) is 0. The molecular weight excluding hydrogens is 377 g/mol. The zero-order valence-electron chi connectivity index (χ0n) is 16.1. The zero-order valence-corrected chi connectivity index (χ0v) is 16.1. The Bertz CT molecular complexity index is 1240. The van der Waals surface area contributed by atoms with Gasteiger partial charge in [-0.2, -0.15) is 0 Å². The molecule has 146 valence electrons. The summed E-state index contributed by atoms with van der Waals surface area (Å²) in [6.07, 6.45) is 1.33. The molecular formula is C25H18FN3O. The topological polar surface area (TPSA) is 54.9 Å². The second-order valence-corrected chi connectivity index (χ2v) is 7.20. The second kappa shape index (κ2) is 7.52. The summed E-state index contributed by atoms with van der Waals surface area (Å²) in [5.41, 5.74) is 5.36. The fraction of sp³-hybridized carbons (Fsp3) is 0.0800. The Morgan fingerprint density at radius 3 is 2.33 bits per heavy atom. The summed E-state index contributed by atoms with van der Waals surface area (Å²) in [5.74, 6) is -0.0557. The third kappa shape index (κ3) is 3.35. The molecule has 1 aromatic heterocycles. The van der Waals surface area contributed by atoms with Crippen LogP contribution in [-0.4, -0.2) is 15.9 Å². The SMILES string of the molecule is O=C(Nc1nc2c(nc1-c1ccccc1)-c1ccc(F)cc1CC2)c1ccccc1. The van der Waals surface area contributed by atoms with Gasteiger partial charge in [0.2, 0.25) is 0 Å². The van der Waals surface area contributed by atoms with Gasteiger partial charge in [-0.25, -0.2) is 14.4 Å². The van der Waals surface area contributed by atoms with Gasteiger partial charge in [0.15, 0.2) is 5.82 Å². The van der Waals surface area contributed by atoms with E-state index in [2.05, 4.69) is 5.32 Å². The van der Waals surface area contributed by atoms with Crippen LogP contribution in [0, 0.1) is 5.82 Å². The molecule has 0 saturated carbocycles. The summed E-state index contributed by atoms with van der Waals surface area (Å²) in [6.45, 7) is 0. The molecule has 3 aromatic carbocycles. The van der Waals surface area contributed by atoms with Crippen LogP contribution in [0.5, 0.6) is 0 Å². The molecule has 1 aliphatic rings. The van der Waals surface area contributed by atoms with Crippen molar-refractivity contribution in [2.75, 3.05) is 5.32 Å². The molecule has 5 rings (SSSR count). The van der Waals surface area contributed by atoms with Gasteiger partial charge in [-0.3, -0.25) is 4.79 Å². The predicted octanol–water partition coefficient (Wildman–Crippen LogP) is 5.30. The van der Waals surface area contributed by atoms with Crippen molar-refractivity contribution in [3.05, 3.63) is 102 Å². The largest absolute Gasteiger partial charge is 0.305 e. The molecule has 1 N–H and O–H groups in total. The van der Waals surface area contributed by atoms with Gasteiger partial charge in [-0.15, -0.1) is 0 Å². The quantitative estimate of drug-likeness (QED) is 0.512. The van der Waals surface area contributed by atoms with Crippen LogP contribution >= 0.6 is 0 Å². The molecule has 1 aliphatic carbocycles. The number of aryl methyl sites for hydroxylation is 2. The van der Waals surface area contributed by atoms with Crippen LogP contribution in [0.25, 0.3) is 22.5 Å². The van der Waals surface area contributed by atoms with Gasteiger partial charge in [0.25, 0.3) is 5.91 Å². The maximum atomic E-state index is 13.7. The maximum absolute atomic E-state index is 13.7. The number of nitrogens with zero attached hydrogens (tertiary/aromatic N) is 2. The number of carbonyl (C=O) groups is 1. The van der Waals surface area contributed by atoms with Gasteiger partial charge in [-0.1, -0.05) is 48.5 Å². The lowest BCUT2D eigenvalue weighted by molar-refractivity contribution is 0.102. The van der Waals surface area contributed by atoms with Crippen LogP contribution in [0.15, 0.2) is 78.9 Å². The van der Waals surface area contributed by atoms with Crippen molar-refractivity contribution < 1.29 is 9.18 Å². The number of aromatic nitrogens is 2. The van der Waals surface area contributed by atoms with Crippen LogP contribution in [0.4, 0.5) is 10.2 Å². The number of hydrogen-bond donors (Lipinski definition) is 1. The lowest BCUT2D eigenvalue weighted by Crippen LogP contribution is -2.17. The summed E-state index contributed by atoms with van der Waals surface area (Å²) in [4.78, 5) is 22.5. The molecule has 0 bridgehead atoms. The summed E-state index contributed by atoms with van der Waals surface area (Å²) < 4.78 is 13.7. The Morgan fingerprint density at radius 1 is 0.833 bits per heavy atom. The van der Waals surface area contributed by atoms with Gasteiger partial charge < -0.3 is 5.32 Å². The number of anilines is 1. The Kier molecular flexibility index (Phi) is 4.56. The first-order chi connectivity index (χ1) is 14.7. The molecule has 4 nitrogen and oxygen atoms in total. The molecule has 4 aromatic rings. The number of amides is 1. The smallest absolute Gasteiger partial charge is 0.256 e. The number of halogens is 1. The van der Waals surface area contributed by atoms with Crippen molar-refractivity contribution in [3.63, 3.8) is 0 Å². The number of carbonyl (C=O) groups excluding carboxylic acids is 1. The van der Waals surface area contributed by atoms with Gasteiger partial charge in [0.05, 0.1) is 11.4 Å². The summed E-state index contributed by atoms with van der Waals surface area (Å²) in [6, 6.07) is 23.4. The molecule has 0 saturated heterocycles. The van der Waals surface area contributed by atoms with Crippen LogP contribution in [0.2, 0.25) is 0 Å². The van der Waals surface area contributed by atoms with E-state index in [0.717, 1.165) is 28.1 Å².